The number of aliphatic hydroxyl groups is 1. The van der Waals surface area contributed by atoms with Crippen molar-refractivity contribution in [2.24, 2.45) is 21.7 Å². The fourth-order valence-electron chi connectivity index (χ4n) is 14.0. The molecule has 19 nitrogen and oxygen atoms in total. The number of fused-ring (bicyclic) bond motifs is 2. The van der Waals surface area contributed by atoms with Crippen LogP contribution in [0.5, 0.6) is 0 Å². The number of carbonyl (C=O) groups excluding carboxylic acids is 4. The molecule has 456 valence electrons. The molecule has 9 aliphatic rings. The van der Waals surface area contributed by atoms with Gasteiger partial charge in [0.05, 0.1) is 67.7 Å². The number of hydrazine groups is 1. The molecule has 6 atom stereocenters. The molecular weight excluding hydrogens is 1140 g/mol. The smallest absolute Gasteiger partial charge is 0.407 e. The molecule has 0 radical (unpaired) electrons. The largest absolute Gasteiger partial charge is 0.453 e. The van der Waals surface area contributed by atoms with E-state index < -0.39 is 158 Å². The Kier molecular flexibility index (Phi) is 15.5. The van der Waals surface area contributed by atoms with Gasteiger partial charge in [0, 0.05) is 84.4 Å². The van der Waals surface area contributed by atoms with Gasteiger partial charge in [0.2, 0.25) is 11.9 Å². The summed E-state index contributed by atoms with van der Waals surface area (Å²) in [4.78, 5) is 68.3. The Labute approximate surface area is 479 Å². The van der Waals surface area contributed by atoms with Crippen molar-refractivity contribution in [3.63, 3.8) is 0 Å². The fourth-order valence-corrected chi connectivity index (χ4v) is 14.0. The number of halogens is 10. The average Bonchev–Trinajstić information content (AvgIpc) is 1.02. The van der Waals surface area contributed by atoms with Crippen LogP contribution in [-0.2, 0) is 36.8 Å². The number of benzene rings is 2. The van der Waals surface area contributed by atoms with Gasteiger partial charge in [-0.2, -0.15) is 40.2 Å². The van der Waals surface area contributed by atoms with Crippen molar-refractivity contribution in [3.05, 3.63) is 94.9 Å². The van der Waals surface area contributed by atoms with Crippen molar-refractivity contribution in [1.29, 1.82) is 0 Å². The summed E-state index contributed by atoms with van der Waals surface area (Å²) in [5.74, 6) is 1.78. The number of ether oxygens (including phenoxy) is 3. The predicted octanol–water partition coefficient (Wildman–Crippen LogP) is 6.30. The maximum atomic E-state index is 16.2. The molecule has 0 spiro atoms. The van der Waals surface area contributed by atoms with Crippen LogP contribution in [0.4, 0.5) is 59.4 Å². The molecule has 2 aromatic carbocycles. The molecule has 9 fully saturated rings. The highest BCUT2D eigenvalue weighted by Gasteiger charge is 2.82. The lowest BCUT2D eigenvalue weighted by Gasteiger charge is -2.72. The number of amides is 4. The van der Waals surface area contributed by atoms with Crippen LogP contribution >= 0.6 is 0 Å². The second-order valence-corrected chi connectivity index (χ2v) is 23.7. The minimum absolute atomic E-state index is 0.242. The van der Waals surface area contributed by atoms with Crippen molar-refractivity contribution in [3.8, 4) is 23.1 Å². The second kappa shape index (κ2) is 22.2. The SMILES string of the molecule is COC(=O)N[C@H](C(=O)N[C@@H](Cc1ccc(C#Cc2cnc(N3CC4CCC(C3)N4C3COC3)nc2)cc1)[C@@H](O)CN(Cc1c(F)cc(-c2ccn(C(F)F)n2)cc1F)NC(=O)[C@@H](NC(=O)OC)C12CC(C(F)(F)F)(C1)C2)C12CC(C(F)(F)F)(C1)C2. The molecule has 3 aliphatic heterocycles. The zero-order chi connectivity index (χ0) is 60.6. The minimum Gasteiger partial charge on any atom is -0.453 e. The summed E-state index contributed by atoms with van der Waals surface area (Å²) in [6, 6.07) is 5.31. The number of rotatable bonds is 19. The van der Waals surface area contributed by atoms with Crippen LogP contribution in [0.3, 0.4) is 0 Å². The number of nitrogens with zero attached hydrogens (tertiary/aromatic N) is 7. The van der Waals surface area contributed by atoms with E-state index in [9.17, 15) is 59.4 Å². The van der Waals surface area contributed by atoms with Crippen LogP contribution in [0.25, 0.3) is 11.3 Å². The lowest BCUT2D eigenvalue weighted by molar-refractivity contribution is -0.366. The van der Waals surface area contributed by atoms with Crippen LogP contribution in [0.1, 0.15) is 80.2 Å². The Morgan fingerprint density at radius 2 is 1.29 bits per heavy atom. The highest BCUT2D eigenvalue weighted by atomic mass is 19.4. The Hall–Kier alpha value is -7.29. The van der Waals surface area contributed by atoms with Gasteiger partial charge in [0.15, 0.2) is 0 Å². The zero-order valence-corrected chi connectivity index (χ0v) is 45.7. The summed E-state index contributed by atoms with van der Waals surface area (Å²) < 4.78 is 159. The maximum Gasteiger partial charge on any atom is 0.407 e. The molecule has 4 amide bonds. The van der Waals surface area contributed by atoms with Crippen molar-refractivity contribution < 1.29 is 82.4 Å². The first-order valence-electron chi connectivity index (χ1n) is 27.5. The molecule has 3 saturated heterocycles. The van der Waals surface area contributed by atoms with E-state index in [2.05, 4.69) is 62.8 Å². The summed E-state index contributed by atoms with van der Waals surface area (Å²) in [5.41, 5.74) is -4.61. The van der Waals surface area contributed by atoms with Crippen LogP contribution in [0.2, 0.25) is 0 Å². The van der Waals surface area contributed by atoms with E-state index >= 15 is 8.78 Å². The van der Waals surface area contributed by atoms with E-state index in [-0.39, 0.29) is 22.4 Å². The highest BCUT2D eigenvalue weighted by Crippen LogP contribution is 2.80. The molecule has 2 unspecified atom stereocenters. The summed E-state index contributed by atoms with van der Waals surface area (Å²) in [5, 5.41) is 24.0. The van der Waals surface area contributed by atoms with E-state index in [4.69, 9.17) is 9.47 Å². The van der Waals surface area contributed by atoms with E-state index in [1.165, 1.54) is 0 Å². The molecule has 13 rings (SSSR count). The Morgan fingerprint density at radius 3 is 1.78 bits per heavy atom. The summed E-state index contributed by atoms with van der Waals surface area (Å²) in [6.45, 7) is -1.88. The number of carbonyl (C=O) groups is 4. The number of aromatic nitrogens is 4. The van der Waals surface area contributed by atoms with Gasteiger partial charge >= 0.3 is 31.1 Å². The van der Waals surface area contributed by atoms with E-state index in [1.807, 2.05) is 0 Å². The minimum atomic E-state index is -4.66. The van der Waals surface area contributed by atoms with E-state index in [0.717, 1.165) is 82.8 Å². The number of alkyl halides is 8. The maximum absolute atomic E-state index is 16.2. The molecule has 6 aliphatic carbocycles. The molecule has 6 saturated carbocycles. The molecular formula is C56H59F10N11O8. The standard InChI is InChI=1S/C56H59F10N11O8/c1-83-49(81)70-43(51-24-53(25-51,26-51)55(61,62)63)45(79)69-41(13-31-6-3-30(4-7-31)5-8-32-16-67-48(68-17-32)74-18-34-9-10-35(19-74)77(34)36-22-85-23-36)42(78)21-75(20-37-38(57)14-33(15-39(37)58)40-11-12-76(72-40)47(59)60)73-46(80)44(71-50(82)84-2)52-27-54(28-52,29-52)56(64,65)66/h3-4,6-7,11-12,14-17,34-36,41-44,47,78H,9-10,13,18-29H2,1-2H3,(H,69,79)(H,70,81)(H,71,82)(H,73,80)/t34?,35?,41-,42-,43+,44+,51?,52?,53?,54?/m0/s1. The van der Waals surface area contributed by atoms with Crippen LogP contribution < -0.4 is 26.3 Å². The fraction of sp³-hybridized carbons (Fsp3) is 0.554. The molecule has 85 heavy (non-hydrogen) atoms. The van der Waals surface area contributed by atoms with E-state index in [1.54, 1.807) is 36.7 Å². The first-order valence-corrected chi connectivity index (χ1v) is 27.5. The molecule has 4 aromatic rings. The Morgan fingerprint density at radius 1 is 0.765 bits per heavy atom. The highest BCUT2D eigenvalue weighted by molar-refractivity contribution is 5.88. The van der Waals surface area contributed by atoms with Crippen LogP contribution in [-0.4, -0.2) is 161 Å². The van der Waals surface area contributed by atoms with Gasteiger partial charge in [-0.05, 0) is 93.7 Å². The monoisotopic (exact) mass is 1200 g/mol. The normalized spacial score (nSPS) is 27.1. The molecule has 6 bridgehead atoms. The van der Waals surface area contributed by atoms with Gasteiger partial charge in [-0.25, -0.2) is 38.0 Å². The lowest BCUT2D eigenvalue weighted by Crippen LogP contribution is -2.77. The summed E-state index contributed by atoms with van der Waals surface area (Å²) in [7, 11) is 1.91. The number of piperazine rings is 1. The molecule has 5 heterocycles. The molecule has 5 N–H and O–H groups in total. The first-order chi connectivity index (χ1) is 40.2. The zero-order valence-electron chi connectivity index (χ0n) is 45.7. The molecule has 29 heteroatoms. The van der Waals surface area contributed by atoms with Crippen molar-refractivity contribution in [2.75, 3.05) is 52.0 Å². The second-order valence-electron chi connectivity index (χ2n) is 23.7. The third kappa shape index (κ3) is 11.2. The first kappa shape index (κ1) is 59.4. The van der Waals surface area contributed by atoms with E-state index in [0.29, 0.717) is 40.8 Å². The van der Waals surface area contributed by atoms with Crippen LogP contribution in [0.15, 0.2) is 61.1 Å². The van der Waals surface area contributed by atoms with Gasteiger partial charge in [-0.1, -0.05) is 24.0 Å². The number of nitrogens with one attached hydrogen (secondary N) is 4. The van der Waals surface area contributed by atoms with Gasteiger partial charge in [-0.3, -0.25) is 19.9 Å². The Balaban J connectivity index is 0.861. The topological polar surface area (TPSA) is 218 Å². The van der Waals surface area contributed by atoms with Crippen molar-refractivity contribution in [1.82, 2.24) is 51.0 Å². The number of alkyl carbamates (subject to hydrolysis) is 2. The van der Waals surface area contributed by atoms with Crippen molar-refractivity contribution in [2.45, 2.75) is 126 Å². The number of hydrogen-bond acceptors (Lipinski definition) is 14. The number of hydrogen-bond donors (Lipinski definition) is 5. The van der Waals surface area contributed by atoms with Crippen LogP contribution in [0, 0.1) is 45.1 Å². The lowest BCUT2D eigenvalue weighted by atomic mass is 9.32. The average molecular weight is 1200 g/mol. The number of methoxy groups -OCH3 is 2. The van der Waals surface area contributed by atoms with Gasteiger partial charge < -0.3 is 40.2 Å². The summed E-state index contributed by atoms with van der Waals surface area (Å²) in [6.07, 6.45) is -10.9. The quantitative estimate of drug-likeness (QED) is 0.0396. The van der Waals surface area contributed by atoms with Gasteiger partial charge in [-0.15, -0.1) is 0 Å². The van der Waals surface area contributed by atoms with Crippen molar-refractivity contribution >= 4 is 29.9 Å². The molecule has 2 aromatic heterocycles. The Bertz CT molecular complexity index is 3200. The van der Waals surface area contributed by atoms with Gasteiger partial charge in [0.1, 0.15) is 23.7 Å². The summed E-state index contributed by atoms with van der Waals surface area (Å²) >= 11 is 0. The number of anilines is 1. The third-order valence-electron chi connectivity index (χ3n) is 18.3. The van der Waals surface area contributed by atoms with Gasteiger partial charge in [0.25, 0.3) is 5.91 Å². The third-order valence-corrected chi connectivity index (χ3v) is 18.3. The predicted molar refractivity (Wildman–Crippen MR) is 277 cm³/mol. The number of aliphatic hydroxyl groups excluding tert-OH is 1.